The molecule has 1 heterocycles. The number of ketones is 1. The van der Waals surface area contributed by atoms with Gasteiger partial charge in [-0.05, 0) is 24.6 Å². The average Bonchev–Trinajstić information content (AvgIpc) is 2.75. The standard InChI is InChI=1S/C22H25NO6/c1-16(15-27-2)19(25)9-10-21(29-22(26)17-6-5-11-23-14-17)18-7-3-4-8-20(18)28-13-12-24/h3-8,11,14,21,24H,1,9-10,12-13,15H2,2H3/t21-/m0/s1. The Hall–Kier alpha value is -3.03. The molecule has 0 fully saturated rings. The van der Waals surface area contributed by atoms with E-state index in [4.69, 9.17) is 19.3 Å². The molecule has 0 amide bonds. The van der Waals surface area contributed by atoms with E-state index in [1.54, 1.807) is 42.6 Å². The fourth-order valence-electron chi connectivity index (χ4n) is 2.69. The number of carbonyl (C=O) groups is 2. The van der Waals surface area contributed by atoms with Crippen LogP contribution in [0.25, 0.3) is 0 Å². The van der Waals surface area contributed by atoms with Gasteiger partial charge in [0.15, 0.2) is 5.78 Å². The number of aliphatic hydroxyl groups excluding tert-OH is 1. The lowest BCUT2D eigenvalue weighted by atomic mass is 10.00. The largest absolute Gasteiger partial charge is 0.491 e. The highest BCUT2D eigenvalue weighted by atomic mass is 16.5. The molecular formula is C22H25NO6. The number of ether oxygens (including phenoxy) is 3. The van der Waals surface area contributed by atoms with Gasteiger partial charge in [0.1, 0.15) is 18.5 Å². The van der Waals surface area contributed by atoms with E-state index in [0.717, 1.165) is 0 Å². The Balaban J connectivity index is 2.22. The summed E-state index contributed by atoms with van der Waals surface area (Å²) < 4.78 is 16.2. The third-order valence-electron chi connectivity index (χ3n) is 4.11. The summed E-state index contributed by atoms with van der Waals surface area (Å²) in [7, 11) is 1.49. The van der Waals surface area contributed by atoms with Crippen molar-refractivity contribution in [3.8, 4) is 5.75 Å². The highest BCUT2D eigenvalue weighted by Crippen LogP contribution is 2.32. The van der Waals surface area contributed by atoms with Crippen molar-refractivity contribution in [2.45, 2.75) is 18.9 Å². The number of Topliss-reactive ketones (excluding diaryl/α,β-unsaturated/α-hetero) is 1. The van der Waals surface area contributed by atoms with Crippen molar-refractivity contribution in [2.24, 2.45) is 0 Å². The Morgan fingerprint density at radius 3 is 2.69 bits per heavy atom. The highest BCUT2D eigenvalue weighted by Gasteiger charge is 2.23. The van der Waals surface area contributed by atoms with Crippen LogP contribution in [0.1, 0.15) is 34.9 Å². The SMILES string of the molecule is C=C(COC)C(=O)CC[C@H](OC(=O)c1cccnc1)c1ccccc1OCCO. The Bertz CT molecular complexity index is 821. The minimum absolute atomic E-state index is 0.101. The van der Waals surface area contributed by atoms with E-state index in [1.165, 1.54) is 13.3 Å². The smallest absolute Gasteiger partial charge is 0.340 e. The van der Waals surface area contributed by atoms with Gasteiger partial charge in [0.05, 0.1) is 18.8 Å². The summed E-state index contributed by atoms with van der Waals surface area (Å²) in [5.41, 5.74) is 1.28. The van der Waals surface area contributed by atoms with E-state index in [2.05, 4.69) is 11.6 Å². The van der Waals surface area contributed by atoms with Crippen molar-refractivity contribution in [2.75, 3.05) is 26.9 Å². The number of benzene rings is 1. The maximum Gasteiger partial charge on any atom is 0.340 e. The van der Waals surface area contributed by atoms with Gasteiger partial charge >= 0.3 is 5.97 Å². The minimum atomic E-state index is -0.725. The second-order valence-electron chi connectivity index (χ2n) is 6.24. The van der Waals surface area contributed by atoms with Gasteiger partial charge in [-0.3, -0.25) is 9.78 Å². The third kappa shape index (κ3) is 6.81. The van der Waals surface area contributed by atoms with Crippen LogP contribution in [0.4, 0.5) is 0 Å². The molecule has 0 saturated carbocycles. The number of carbonyl (C=O) groups excluding carboxylic acids is 2. The number of hydrogen-bond donors (Lipinski definition) is 1. The first-order valence-corrected chi connectivity index (χ1v) is 9.20. The number of aliphatic hydroxyl groups is 1. The first-order chi connectivity index (χ1) is 14.1. The number of esters is 1. The molecule has 29 heavy (non-hydrogen) atoms. The first kappa shape index (κ1) is 22.3. The van der Waals surface area contributed by atoms with E-state index in [9.17, 15) is 9.59 Å². The number of methoxy groups -OCH3 is 1. The Morgan fingerprint density at radius 2 is 2.00 bits per heavy atom. The normalized spacial score (nSPS) is 11.5. The molecule has 0 aliphatic rings. The first-order valence-electron chi connectivity index (χ1n) is 9.20. The lowest BCUT2D eigenvalue weighted by molar-refractivity contribution is -0.116. The molecule has 0 radical (unpaired) electrons. The van der Waals surface area contributed by atoms with E-state index in [1.807, 2.05) is 0 Å². The molecule has 1 aromatic heterocycles. The number of nitrogens with zero attached hydrogens (tertiary/aromatic N) is 1. The molecule has 0 bridgehead atoms. The molecule has 1 atom stereocenters. The van der Waals surface area contributed by atoms with Crippen LogP contribution in [0.15, 0.2) is 60.9 Å². The molecule has 7 heteroatoms. The molecule has 0 saturated heterocycles. The molecule has 0 aliphatic heterocycles. The summed E-state index contributed by atoms with van der Waals surface area (Å²) in [6.07, 6.45) is 2.62. The van der Waals surface area contributed by atoms with Crippen molar-refractivity contribution >= 4 is 11.8 Å². The Kier molecular flexibility index (Phi) is 9.01. The van der Waals surface area contributed by atoms with E-state index in [-0.39, 0.29) is 38.4 Å². The van der Waals surface area contributed by atoms with Crippen LogP contribution in [0.5, 0.6) is 5.75 Å². The van der Waals surface area contributed by atoms with Crippen LogP contribution in [0.2, 0.25) is 0 Å². The quantitative estimate of drug-likeness (QED) is 0.433. The summed E-state index contributed by atoms with van der Waals surface area (Å²) in [4.78, 5) is 28.8. The predicted octanol–water partition coefficient (Wildman–Crippen LogP) is 2.90. The van der Waals surface area contributed by atoms with Gasteiger partial charge in [0, 0.05) is 37.1 Å². The second kappa shape index (κ2) is 11.7. The fraction of sp³-hybridized carbons (Fsp3) is 0.318. The molecule has 1 N–H and O–H groups in total. The van der Waals surface area contributed by atoms with E-state index in [0.29, 0.717) is 22.4 Å². The second-order valence-corrected chi connectivity index (χ2v) is 6.24. The molecule has 1 aromatic carbocycles. The third-order valence-corrected chi connectivity index (χ3v) is 4.11. The lowest BCUT2D eigenvalue weighted by Gasteiger charge is -2.21. The van der Waals surface area contributed by atoms with Crippen molar-refractivity contribution < 1.29 is 28.9 Å². The summed E-state index contributed by atoms with van der Waals surface area (Å²) in [5.74, 6) is -0.236. The average molecular weight is 399 g/mol. The molecule has 154 valence electrons. The van der Waals surface area contributed by atoms with Crippen molar-refractivity contribution in [1.29, 1.82) is 0 Å². The topological polar surface area (TPSA) is 95.0 Å². The number of para-hydroxylation sites is 1. The van der Waals surface area contributed by atoms with Gasteiger partial charge in [-0.2, -0.15) is 0 Å². The Morgan fingerprint density at radius 1 is 1.21 bits per heavy atom. The van der Waals surface area contributed by atoms with Gasteiger partial charge in [-0.25, -0.2) is 4.79 Å². The molecule has 2 rings (SSSR count). The number of pyridine rings is 1. The summed E-state index contributed by atoms with van der Waals surface area (Å²) in [6.45, 7) is 3.82. The summed E-state index contributed by atoms with van der Waals surface area (Å²) in [6, 6.07) is 10.3. The summed E-state index contributed by atoms with van der Waals surface area (Å²) in [5, 5.41) is 9.06. The van der Waals surface area contributed by atoms with E-state index < -0.39 is 12.1 Å². The highest BCUT2D eigenvalue weighted by molar-refractivity contribution is 5.95. The van der Waals surface area contributed by atoms with Crippen LogP contribution >= 0.6 is 0 Å². The monoisotopic (exact) mass is 399 g/mol. The molecule has 7 nitrogen and oxygen atoms in total. The fourth-order valence-corrected chi connectivity index (χ4v) is 2.69. The molecule has 2 aromatic rings. The Labute approximate surface area is 169 Å². The van der Waals surface area contributed by atoms with Crippen LogP contribution in [-0.4, -0.2) is 48.8 Å². The van der Waals surface area contributed by atoms with Gasteiger partial charge < -0.3 is 19.3 Å². The van der Waals surface area contributed by atoms with Gasteiger partial charge in [0.25, 0.3) is 0 Å². The predicted molar refractivity (Wildman–Crippen MR) is 107 cm³/mol. The number of hydrogen-bond acceptors (Lipinski definition) is 7. The van der Waals surface area contributed by atoms with Gasteiger partial charge in [-0.1, -0.05) is 24.8 Å². The van der Waals surface area contributed by atoms with E-state index >= 15 is 0 Å². The van der Waals surface area contributed by atoms with Crippen molar-refractivity contribution in [1.82, 2.24) is 4.98 Å². The maximum atomic E-state index is 12.6. The minimum Gasteiger partial charge on any atom is -0.491 e. The van der Waals surface area contributed by atoms with Crippen LogP contribution in [0.3, 0.4) is 0 Å². The van der Waals surface area contributed by atoms with Crippen LogP contribution in [-0.2, 0) is 14.3 Å². The van der Waals surface area contributed by atoms with Crippen molar-refractivity contribution in [3.63, 3.8) is 0 Å². The van der Waals surface area contributed by atoms with Gasteiger partial charge in [-0.15, -0.1) is 0 Å². The zero-order chi connectivity index (χ0) is 21.1. The molecule has 0 aliphatic carbocycles. The maximum absolute atomic E-state index is 12.6. The zero-order valence-corrected chi connectivity index (χ0v) is 16.4. The lowest BCUT2D eigenvalue weighted by Crippen LogP contribution is -2.16. The molecule has 0 unspecified atom stereocenters. The van der Waals surface area contributed by atoms with Gasteiger partial charge in [0.2, 0.25) is 0 Å². The summed E-state index contributed by atoms with van der Waals surface area (Å²) >= 11 is 0. The van der Waals surface area contributed by atoms with Crippen LogP contribution < -0.4 is 4.74 Å². The van der Waals surface area contributed by atoms with Crippen molar-refractivity contribution in [3.05, 3.63) is 72.1 Å². The number of rotatable bonds is 12. The van der Waals surface area contributed by atoms with Crippen LogP contribution in [0, 0.1) is 0 Å². The zero-order valence-electron chi connectivity index (χ0n) is 16.4. The number of aromatic nitrogens is 1. The molecular weight excluding hydrogens is 374 g/mol. The molecule has 0 spiro atoms.